The molecule has 0 saturated carbocycles. The molecule has 0 amide bonds. The molecule has 170 valence electrons. The number of hydrogen-bond donors (Lipinski definition) is 3. The van der Waals surface area contributed by atoms with Crippen LogP contribution in [0.3, 0.4) is 0 Å². The Labute approximate surface area is 184 Å². The fourth-order valence-electron chi connectivity index (χ4n) is 2.65. The van der Waals surface area contributed by atoms with Crippen LogP contribution in [-0.2, 0) is 21.3 Å². The van der Waals surface area contributed by atoms with E-state index in [1.807, 2.05) is 32.0 Å². The van der Waals surface area contributed by atoms with Crippen molar-refractivity contribution in [1.82, 2.24) is 20.3 Å². The lowest BCUT2D eigenvalue weighted by Crippen LogP contribution is -2.41. The van der Waals surface area contributed by atoms with Crippen LogP contribution in [-0.4, -0.2) is 59.3 Å². The van der Waals surface area contributed by atoms with E-state index in [0.717, 1.165) is 16.9 Å². The predicted molar refractivity (Wildman–Crippen MR) is 121 cm³/mol. The van der Waals surface area contributed by atoms with Crippen molar-refractivity contribution in [2.24, 2.45) is 4.99 Å². The Morgan fingerprint density at radius 3 is 2.71 bits per heavy atom. The molecule has 0 atom stereocenters. The van der Waals surface area contributed by atoms with E-state index in [0.29, 0.717) is 38.9 Å². The first-order valence-electron chi connectivity index (χ1n) is 10.1. The largest absolute Gasteiger partial charge is 0.491 e. The summed E-state index contributed by atoms with van der Waals surface area (Å²) in [6.07, 6.45) is 2.84. The van der Waals surface area contributed by atoms with Gasteiger partial charge in [-0.15, -0.1) is 0 Å². The molecule has 0 spiro atoms. The first-order chi connectivity index (χ1) is 15.0. The molecular formula is C21H31N5O4S. The monoisotopic (exact) mass is 449 g/mol. The van der Waals surface area contributed by atoms with Crippen LogP contribution < -0.4 is 20.1 Å². The Kier molecular flexibility index (Phi) is 10.2. The summed E-state index contributed by atoms with van der Waals surface area (Å²) in [6, 6.07) is 9.10. The number of nitrogens with zero attached hydrogens (tertiary/aromatic N) is 2. The third-order valence-electron chi connectivity index (χ3n) is 4.24. The van der Waals surface area contributed by atoms with Gasteiger partial charge < -0.3 is 20.1 Å². The zero-order valence-corrected chi connectivity index (χ0v) is 19.0. The number of guanidine groups is 1. The molecule has 1 aromatic heterocycles. The van der Waals surface area contributed by atoms with E-state index >= 15 is 0 Å². The number of benzene rings is 1. The summed E-state index contributed by atoms with van der Waals surface area (Å²) in [5, 5.41) is 6.31. The van der Waals surface area contributed by atoms with Gasteiger partial charge in [-0.2, -0.15) is 0 Å². The summed E-state index contributed by atoms with van der Waals surface area (Å²) in [7, 11) is -1.93. The standard InChI is InChI=1S/C21H31N5O4S/c1-4-29-12-13-30-20-14-17(2)7-8-18(20)15-25-21(22-3)24-10-11-26-31(27,28)19-6-5-9-23-16-19/h5-9,14,16,26H,4,10-13,15H2,1-3H3,(H2,22,24,25). The van der Waals surface area contributed by atoms with Crippen molar-refractivity contribution in [2.75, 3.05) is 40.0 Å². The highest BCUT2D eigenvalue weighted by molar-refractivity contribution is 7.89. The molecule has 10 heteroatoms. The van der Waals surface area contributed by atoms with Gasteiger partial charge in [0.15, 0.2) is 5.96 Å². The van der Waals surface area contributed by atoms with Crippen LogP contribution in [0.5, 0.6) is 5.75 Å². The molecule has 0 aliphatic heterocycles. The van der Waals surface area contributed by atoms with Crippen molar-refractivity contribution in [2.45, 2.75) is 25.3 Å². The molecule has 0 bridgehead atoms. The third-order valence-corrected chi connectivity index (χ3v) is 5.68. The highest BCUT2D eigenvalue weighted by atomic mass is 32.2. The van der Waals surface area contributed by atoms with Crippen LogP contribution in [0.15, 0.2) is 52.6 Å². The summed E-state index contributed by atoms with van der Waals surface area (Å²) in [5.74, 6) is 1.35. The van der Waals surface area contributed by atoms with Crippen LogP contribution in [0.1, 0.15) is 18.1 Å². The summed E-state index contributed by atoms with van der Waals surface area (Å²) in [6.45, 7) is 6.71. The Balaban J connectivity index is 1.82. The molecule has 0 unspecified atom stereocenters. The number of aryl methyl sites for hydroxylation is 1. The fourth-order valence-corrected chi connectivity index (χ4v) is 3.65. The maximum absolute atomic E-state index is 12.2. The van der Waals surface area contributed by atoms with Gasteiger partial charge in [-0.1, -0.05) is 12.1 Å². The summed E-state index contributed by atoms with van der Waals surface area (Å²) < 4.78 is 38.1. The first kappa shape index (κ1) is 24.6. The number of ether oxygens (including phenoxy) is 2. The molecule has 2 aromatic rings. The van der Waals surface area contributed by atoms with E-state index in [-0.39, 0.29) is 11.4 Å². The quantitative estimate of drug-likeness (QED) is 0.255. The molecule has 31 heavy (non-hydrogen) atoms. The van der Waals surface area contributed by atoms with Gasteiger partial charge in [0.25, 0.3) is 0 Å². The second-order valence-electron chi connectivity index (χ2n) is 6.60. The number of aromatic nitrogens is 1. The molecule has 2 rings (SSSR count). The fraction of sp³-hybridized carbons (Fsp3) is 0.429. The highest BCUT2D eigenvalue weighted by Gasteiger charge is 2.13. The smallest absolute Gasteiger partial charge is 0.242 e. The highest BCUT2D eigenvalue weighted by Crippen LogP contribution is 2.20. The molecule has 1 aromatic carbocycles. The van der Waals surface area contributed by atoms with Crippen LogP contribution in [0, 0.1) is 6.92 Å². The van der Waals surface area contributed by atoms with E-state index in [1.165, 1.54) is 18.5 Å². The molecule has 9 nitrogen and oxygen atoms in total. The van der Waals surface area contributed by atoms with E-state index in [9.17, 15) is 8.42 Å². The van der Waals surface area contributed by atoms with Crippen molar-refractivity contribution < 1.29 is 17.9 Å². The second-order valence-corrected chi connectivity index (χ2v) is 8.36. The number of aliphatic imine (C=N–C) groups is 1. The van der Waals surface area contributed by atoms with Crippen LogP contribution >= 0.6 is 0 Å². The Hall–Kier alpha value is -2.69. The van der Waals surface area contributed by atoms with Crippen molar-refractivity contribution in [1.29, 1.82) is 0 Å². The van der Waals surface area contributed by atoms with E-state index in [2.05, 4.69) is 25.3 Å². The molecular weight excluding hydrogens is 418 g/mol. The Morgan fingerprint density at radius 1 is 1.16 bits per heavy atom. The zero-order valence-electron chi connectivity index (χ0n) is 18.2. The van der Waals surface area contributed by atoms with Crippen LogP contribution in [0.2, 0.25) is 0 Å². The van der Waals surface area contributed by atoms with Gasteiger partial charge in [-0.25, -0.2) is 13.1 Å². The molecule has 0 aliphatic carbocycles. The lowest BCUT2D eigenvalue weighted by Gasteiger charge is -2.16. The van der Waals surface area contributed by atoms with Gasteiger partial charge in [-0.3, -0.25) is 9.98 Å². The lowest BCUT2D eigenvalue weighted by molar-refractivity contribution is 0.110. The number of rotatable bonds is 12. The average molecular weight is 450 g/mol. The van der Waals surface area contributed by atoms with Crippen LogP contribution in [0.25, 0.3) is 0 Å². The number of sulfonamides is 1. The van der Waals surface area contributed by atoms with Crippen molar-refractivity contribution in [3.63, 3.8) is 0 Å². The van der Waals surface area contributed by atoms with Crippen molar-refractivity contribution in [3.8, 4) is 5.75 Å². The third kappa shape index (κ3) is 8.52. The SMILES string of the molecule is CCOCCOc1cc(C)ccc1CNC(=NC)NCCNS(=O)(=O)c1cccnc1. The molecule has 0 saturated heterocycles. The molecule has 3 N–H and O–H groups in total. The number of pyridine rings is 1. The Bertz CT molecular complexity index is 936. The maximum Gasteiger partial charge on any atom is 0.242 e. The van der Waals surface area contributed by atoms with Gasteiger partial charge in [0.1, 0.15) is 17.3 Å². The van der Waals surface area contributed by atoms with Gasteiger partial charge in [0.2, 0.25) is 10.0 Å². The lowest BCUT2D eigenvalue weighted by atomic mass is 10.1. The van der Waals surface area contributed by atoms with Crippen molar-refractivity contribution in [3.05, 3.63) is 53.9 Å². The van der Waals surface area contributed by atoms with E-state index in [1.54, 1.807) is 13.1 Å². The minimum Gasteiger partial charge on any atom is -0.491 e. The number of hydrogen-bond acceptors (Lipinski definition) is 6. The maximum atomic E-state index is 12.2. The van der Waals surface area contributed by atoms with Crippen LogP contribution in [0.4, 0.5) is 0 Å². The zero-order chi connectivity index (χ0) is 22.5. The van der Waals surface area contributed by atoms with Crippen molar-refractivity contribution >= 4 is 16.0 Å². The normalized spacial score (nSPS) is 11.9. The first-order valence-corrected chi connectivity index (χ1v) is 11.6. The van der Waals surface area contributed by atoms with E-state index < -0.39 is 10.0 Å². The minimum absolute atomic E-state index is 0.133. The topological polar surface area (TPSA) is 114 Å². The molecule has 1 heterocycles. The summed E-state index contributed by atoms with van der Waals surface area (Å²) in [4.78, 5) is 8.14. The summed E-state index contributed by atoms with van der Waals surface area (Å²) in [5.41, 5.74) is 2.10. The Morgan fingerprint density at radius 2 is 2.00 bits per heavy atom. The molecule has 0 aliphatic rings. The second kappa shape index (κ2) is 12.9. The summed E-state index contributed by atoms with van der Waals surface area (Å²) >= 11 is 0. The predicted octanol–water partition coefficient (Wildman–Crippen LogP) is 1.45. The van der Waals surface area contributed by atoms with E-state index in [4.69, 9.17) is 9.47 Å². The van der Waals surface area contributed by atoms with Gasteiger partial charge in [0, 0.05) is 51.2 Å². The number of nitrogens with one attached hydrogen (secondary N) is 3. The van der Waals surface area contributed by atoms with Gasteiger partial charge >= 0.3 is 0 Å². The molecule has 0 fully saturated rings. The minimum atomic E-state index is -3.58. The van der Waals surface area contributed by atoms with Gasteiger partial charge in [0.05, 0.1) is 6.61 Å². The average Bonchev–Trinajstić information content (AvgIpc) is 2.78. The van der Waals surface area contributed by atoms with Gasteiger partial charge in [-0.05, 0) is 37.6 Å². The molecule has 0 radical (unpaired) electrons.